The maximum atomic E-state index is 12.9. The topological polar surface area (TPSA) is 63.9 Å². The summed E-state index contributed by atoms with van der Waals surface area (Å²) in [5.74, 6) is 1.39. The molecule has 0 atom stereocenters. The fourth-order valence-electron chi connectivity index (χ4n) is 3.18. The van der Waals surface area contributed by atoms with Crippen LogP contribution in [0.1, 0.15) is 16.9 Å². The Hall–Kier alpha value is -3.00. The van der Waals surface area contributed by atoms with Crippen molar-refractivity contribution >= 4 is 52.5 Å². The summed E-state index contributed by atoms with van der Waals surface area (Å²) >= 11 is 17.4. The second-order valence-corrected chi connectivity index (χ2v) is 8.08. The number of methoxy groups -OCH3 is 1. The maximum Gasteiger partial charge on any atom is 0.276 e. The van der Waals surface area contributed by atoms with E-state index in [0.717, 1.165) is 5.56 Å². The fourth-order valence-corrected chi connectivity index (χ4v) is 3.75. The largest absolute Gasteiger partial charge is 0.493 e. The van der Waals surface area contributed by atoms with Gasteiger partial charge in [0.05, 0.1) is 30.0 Å². The monoisotopic (exact) mass is 488 g/mol. The molecule has 3 aromatic rings. The smallest absolute Gasteiger partial charge is 0.276 e. The summed E-state index contributed by atoms with van der Waals surface area (Å²) < 4.78 is 16.8. The Balaban J connectivity index is 1.59. The average Bonchev–Trinajstić information content (AvgIpc) is 3.39. The van der Waals surface area contributed by atoms with E-state index in [4.69, 9.17) is 49.3 Å². The molecular formula is C23H18Cl2N2O4S. The molecular weight excluding hydrogens is 471 g/mol. The zero-order valence-corrected chi connectivity index (χ0v) is 19.3. The van der Waals surface area contributed by atoms with Crippen LogP contribution in [0.4, 0.5) is 0 Å². The van der Waals surface area contributed by atoms with E-state index in [-0.39, 0.29) is 19.1 Å². The molecule has 0 unspecified atom stereocenters. The van der Waals surface area contributed by atoms with Crippen molar-refractivity contribution in [1.82, 2.24) is 10.2 Å². The molecule has 2 heterocycles. The zero-order chi connectivity index (χ0) is 22.7. The number of benzene rings is 2. The third-order valence-electron chi connectivity index (χ3n) is 4.75. The van der Waals surface area contributed by atoms with Crippen LogP contribution >= 0.6 is 35.4 Å². The first kappa shape index (κ1) is 22.2. The molecule has 9 heteroatoms. The van der Waals surface area contributed by atoms with Crippen molar-refractivity contribution in [3.63, 3.8) is 0 Å². The number of ether oxygens (including phenoxy) is 2. The minimum Gasteiger partial charge on any atom is -0.493 e. The molecule has 2 aromatic carbocycles. The number of halogens is 2. The van der Waals surface area contributed by atoms with Gasteiger partial charge < -0.3 is 19.2 Å². The molecule has 0 radical (unpaired) electrons. The van der Waals surface area contributed by atoms with Gasteiger partial charge in [0.2, 0.25) is 0 Å². The van der Waals surface area contributed by atoms with Gasteiger partial charge in [0.25, 0.3) is 5.91 Å². The van der Waals surface area contributed by atoms with E-state index in [0.29, 0.717) is 43.7 Å². The first-order valence-electron chi connectivity index (χ1n) is 9.57. The van der Waals surface area contributed by atoms with E-state index in [1.54, 1.807) is 49.8 Å². The van der Waals surface area contributed by atoms with Gasteiger partial charge in [-0.05, 0) is 54.2 Å². The molecule has 1 saturated heterocycles. The van der Waals surface area contributed by atoms with Gasteiger partial charge in [-0.2, -0.15) is 0 Å². The third-order valence-corrected chi connectivity index (χ3v) is 5.81. The van der Waals surface area contributed by atoms with Crippen LogP contribution in [-0.2, 0) is 17.9 Å². The van der Waals surface area contributed by atoms with Crippen LogP contribution in [-0.4, -0.2) is 23.0 Å². The SMILES string of the molecule is COc1cccc(/C=C2/NC(=S)N(Cc3ccco3)C2=O)c1OCc1ccc(Cl)c(Cl)c1. The molecule has 0 bridgehead atoms. The summed E-state index contributed by atoms with van der Waals surface area (Å²) in [7, 11) is 1.55. The number of hydrogen-bond donors (Lipinski definition) is 1. The number of carbonyl (C=O) groups excluding carboxylic acids is 1. The highest BCUT2D eigenvalue weighted by atomic mass is 35.5. The predicted octanol–water partition coefficient (Wildman–Crippen LogP) is 5.43. The van der Waals surface area contributed by atoms with Crippen molar-refractivity contribution < 1.29 is 18.7 Å². The van der Waals surface area contributed by atoms with Crippen LogP contribution < -0.4 is 14.8 Å². The second kappa shape index (κ2) is 9.65. The molecule has 1 N–H and O–H groups in total. The minimum atomic E-state index is -0.260. The third kappa shape index (κ3) is 4.75. The molecule has 4 rings (SSSR count). The van der Waals surface area contributed by atoms with Crippen LogP contribution in [0.3, 0.4) is 0 Å². The normalized spacial score (nSPS) is 14.7. The molecule has 1 amide bonds. The van der Waals surface area contributed by atoms with Crippen LogP contribution in [0.2, 0.25) is 10.0 Å². The van der Waals surface area contributed by atoms with Crippen LogP contribution in [0.15, 0.2) is 64.9 Å². The Morgan fingerprint density at radius 3 is 2.72 bits per heavy atom. The predicted molar refractivity (Wildman–Crippen MR) is 127 cm³/mol. The van der Waals surface area contributed by atoms with Gasteiger partial charge in [-0.1, -0.05) is 41.4 Å². The van der Waals surface area contributed by atoms with Crippen molar-refractivity contribution in [2.75, 3.05) is 7.11 Å². The Kier molecular flexibility index (Phi) is 6.69. The van der Waals surface area contributed by atoms with E-state index in [2.05, 4.69) is 5.32 Å². The molecule has 1 fully saturated rings. The Morgan fingerprint density at radius 1 is 1.16 bits per heavy atom. The van der Waals surface area contributed by atoms with E-state index < -0.39 is 0 Å². The Labute approximate surface area is 200 Å². The second-order valence-electron chi connectivity index (χ2n) is 6.87. The van der Waals surface area contributed by atoms with E-state index in [1.807, 2.05) is 18.2 Å². The lowest BCUT2D eigenvalue weighted by atomic mass is 10.1. The van der Waals surface area contributed by atoms with Crippen molar-refractivity contribution in [2.45, 2.75) is 13.2 Å². The van der Waals surface area contributed by atoms with Crippen molar-refractivity contribution in [3.05, 3.63) is 87.4 Å². The number of thiocarbonyl (C=S) groups is 1. The lowest BCUT2D eigenvalue weighted by Gasteiger charge is -2.14. The van der Waals surface area contributed by atoms with Crippen molar-refractivity contribution in [2.24, 2.45) is 0 Å². The average molecular weight is 489 g/mol. The first-order chi connectivity index (χ1) is 15.5. The summed E-state index contributed by atoms with van der Waals surface area (Å²) in [6.07, 6.45) is 3.24. The number of rotatable bonds is 7. The Morgan fingerprint density at radius 2 is 2.00 bits per heavy atom. The molecule has 0 saturated carbocycles. The summed E-state index contributed by atoms with van der Waals surface area (Å²) in [5, 5.41) is 4.19. The molecule has 1 aliphatic heterocycles. The van der Waals surface area contributed by atoms with Gasteiger partial charge in [-0.15, -0.1) is 0 Å². The molecule has 1 aliphatic rings. The summed E-state index contributed by atoms with van der Waals surface area (Å²) in [5.41, 5.74) is 1.82. The van der Waals surface area contributed by atoms with Gasteiger partial charge in [-0.3, -0.25) is 9.69 Å². The molecule has 1 aromatic heterocycles. The number of para-hydroxylation sites is 1. The van der Waals surface area contributed by atoms with E-state index in [9.17, 15) is 4.79 Å². The number of carbonyl (C=O) groups is 1. The lowest BCUT2D eigenvalue weighted by Crippen LogP contribution is -2.29. The summed E-state index contributed by atoms with van der Waals surface area (Å²) in [6.45, 7) is 0.478. The maximum absolute atomic E-state index is 12.9. The number of nitrogens with zero attached hydrogens (tertiary/aromatic N) is 1. The Bertz CT molecular complexity index is 1190. The quantitative estimate of drug-likeness (QED) is 0.353. The number of nitrogens with one attached hydrogen (secondary N) is 1. The molecule has 0 aliphatic carbocycles. The van der Waals surface area contributed by atoms with Gasteiger partial charge >= 0.3 is 0 Å². The highest BCUT2D eigenvalue weighted by Crippen LogP contribution is 2.34. The van der Waals surface area contributed by atoms with Gasteiger partial charge in [-0.25, -0.2) is 0 Å². The van der Waals surface area contributed by atoms with Gasteiger partial charge in [0.1, 0.15) is 18.1 Å². The molecule has 0 spiro atoms. The first-order valence-corrected chi connectivity index (χ1v) is 10.7. The number of amides is 1. The standard InChI is InChI=1S/C23H18Cl2N2O4S/c1-29-20-6-2-4-15(21(20)31-13-14-7-8-17(24)18(25)10-14)11-19-22(28)27(23(32)26-19)12-16-5-3-9-30-16/h2-11H,12-13H2,1H3,(H,26,32)/b19-11+. The minimum absolute atomic E-state index is 0.234. The molecule has 6 nitrogen and oxygen atoms in total. The summed E-state index contributed by atoms with van der Waals surface area (Å²) in [6, 6.07) is 14.3. The van der Waals surface area contributed by atoms with Crippen LogP contribution in [0.5, 0.6) is 11.5 Å². The van der Waals surface area contributed by atoms with E-state index >= 15 is 0 Å². The van der Waals surface area contributed by atoms with Gasteiger partial charge in [0, 0.05) is 5.56 Å². The highest BCUT2D eigenvalue weighted by Gasteiger charge is 2.31. The van der Waals surface area contributed by atoms with Gasteiger partial charge in [0.15, 0.2) is 16.6 Å². The van der Waals surface area contributed by atoms with Crippen molar-refractivity contribution in [1.29, 1.82) is 0 Å². The highest BCUT2D eigenvalue weighted by molar-refractivity contribution is 7.80. The number of furan rings is 1. The lowest BCUT2D eigenvalue weighted by molar-refractivity contribution is -0.122. The molecule has 164 valence electrons. The van der Waals surface area contributed by atoms with Crippen LogP contribution in [0.25, 0.3) is 6.08 Å². The van der Waals surface area contributed by atoms with E-state index in [1.165, 1.54) is 4.90 Å². The summed E-state index contributed by atoms with van der Waals surface area (Å²) in [4.78, 5) is 14.4. The van der Waals surface area contributed by atoms with Crippen molar-refractivity contribution in [3.8, 4) is 11.5 Å². The van der Waals surface area contributed by atoms with Crippen LogP contribution in [0, 0.1) is 0 Å². The molecule has 32 heavy (non-hydrogen) atoms. The zero-order valence-electron chi connectivity index (χ0n) is 16.9. The number of hydrogen-bond acceptors (Lipinski definition) is 5. The fraction of sp³-hybridized carbons (Fsp3) is 0.130.